The molecule has 44 heavy (non-hydrogen) atoms. The lowest BCUT2D eigenvalue weighted by Crippen LogP contribution is -2.44. The number of amides is 1. The van der Waals surface area contributed by atoms with Crippen molar-refractivity contribution in [2.45, 2.75) is 65.0 Å². The highest BCUT2D eigenvalue weighted by molar-refractivity contribution is 5.97. The summed E-state index contributed by atoms with van der Waals surface area (Å²) in [5.74, 6) is 0.154. The summed E-state index contributed by atoms with van der Waals surface area (Å²) in [5.41, 5.74) is 6.28. The minimum absolute atomic E-state index is 0.113. The van der Waals surface area contributed by atoms with E-state index in [4.69, 9.17) is 19.8 Å². The number of likely N-dealkylation sites (tertiary alicyclic amines) is 1. The molecule has 0 saturated carbocycles. The minimum Gasteiger partial charge on any atom is -0.444 e. The van der Waals surface area contributed by atoms with E-state index in [2.05, 4.69) is 37.4 Å². The average Bonchev–Trinajstić information content (AvgIpc) is 3.41. The van der Waals surface area contributed by atoms with Gasteiger partial charge in [0, 0.05) is 42.5 Å². The molecule has 6 rings (SSSR count). The molecular weight excluding hydrogens is 550 g/mol. The molecule has 1 fully saturated rings. The number of carbonyl (C=O) groups is 1. The fourth-order valence-corrected chi connectivity index (χ4v) is 5.75. The van der Waals surface area contributed by atoms with Crippen LogP contribution in [0.3, 0.4) is 0 Å². The number of rotatable bonds is 5. The van der Waals surface area contributed by atoms with E-state index in [0.717, 1.165) is 63.0 Å². The van der Waals surface area contributed by atoms with Crippen molar-refractivity contribution in [1.82, 2.24) is 24.6 Å². The van der Waals surface area contributed by atoms with E-state index in [1.54, 1.807) is 4.90 Å². The molecule has 0 aliphatic carbocycles. The maximum Gasteiger partial charge on any atom is 0.410 e. The molecule has 0 spiro atoms. The van der Waals surface area contributed by atoms with Gasteiger partial charge in [-0.15, -0.1) is 0 Å². The Morgan fingerprint density at radius 1 is 1.07 bits per heavy atom. The van der Waals surface area contributed by atoms with Gasteiger partial charge in [-0.1, -0.05) is 32.0 Å². The van der Waals surface area contributed by atoms with Gasteiger partial charge in [0.25, 0.3) is 0 Å². The van der Waals surface area contributed by atoms with Crippen molar-refractivity contribution in [3.63, 3.8) is 0 Å². The highest BCUT2D eigenvalue weighted by Gasteiger charge is 2.27. The van der Waals surface area contributed by atoms with E-state index in [-0.39, 0.29) is 18.1 Å². The van der Waals surface area contributed by atoms with Gasteiger partial charge < -0.3 is 15.0 Å². The molecule has 1 aliphatic heterocycles. The molecule has 1 amide bonds. The summed E-state index contributed by atoms with van der Waals surface area (Å²) in [6.45, 7) is 11.1. The van der Waals surface area contributed by atoms with E-state index in [0.29, 0.717) is 18.7 Å². The molecule has 0 bridgehead atoms. The Morgan fingerprint density at radius 2 is 1.84 bits per heavy atom. The van der Waals surface area contributed by atoms with Crippen LogP contribution >= 0.6 is 0 Å². The summed E-state index contributed by atoms with van der Waals surface area (Å²) in [4.78, 5) is 23.8. The molecule has 224 valence electrons. The first-order valence-corrected chi connectivity index (χ1v) is 15.1. The number of piperidine rings is 1. The van der Waals surface area contributed by atoms with Crippen LogP contribution in [-0.4, -0.2) is 55.5 Å². The van der Waals surface area contributed by atoms with Gasteiger partial charge in [-0.25, -0.2) is 14.5 Å². The van der Waals surface area contributed by atoms with Gasteiger partial charge >= 0.3 is 6.09 Å². The lowest BCUT2D eigenvalue weighted by Gasteiger charge is -2.34. The van der Waals surface area contributed by atoms with E-state index in [9.17, 15) is 10.1 Å². The third-order valence-electron chi connectivity index (χ3n) is 7.92. The molecule has 3 aromatic heterocycles. The zero-order valence-corrected chi connectivity index (χ0v) is 25.8. The predicted molar refractivity (Wildman–Crippen MR) is 173 cm³/mol. The second kappa shape index (κ2) is 11.6. The number of fused-ring (bicyclic) bond motifs is 2. The van der Waals surface area contributed by atoms with Gasteiger partial charge in [0.2, 0.25) is 0 Å². The molecule has 0 radical (unpaired) electrons. The van der Waals surface area contributed by atoms with Crippen molar-refractivity contribution in [1.29, 1.82) is 5.26 Å². The van der Waals surface area contributed by atoms with Gasteiger partial charge in [0.05, 0.1) is 33.5 Å². The number of carbonyl (C=O) groups excluding carboxylic acids is 1. The topological polar surface area (TPSA) is 109 Å². The number of aromatic nitrogens is 4. The Morgan fingerprint density at radius 3 is 2.57 bits per heavy atom. The first-order chi connectivity index (χ1) is 21.1. The SMILES string of the molecule is CC(C)c1nn(-c2ccc(C#N)c(NC3CCN(C(=O)OC(C)(C)C)CC3)c2)c2nccc(-c3cnc4ccccc4c3)c12. The fourth-order valence-electron chi connectivity index (χ4n) is 5.75. The number of ether oxygens (including phenoxy) is 1. The summed E-state index contributed by atoms with van der Waals surface area (Å²) in [5, 5.41) is 20.6. The standard InChI is InChI=1S/C35H37N7O2/c1-22(2)32-31-28(25-18-23-8-6-7-9-29(23)38-21-25)12-15-37-33(31)42(40-32)27-11-10-24(20-36)30(19-27)39-26-13-16-41(17-14-26)34(43)44-35(3,4)5/h6-12,15,18-19,21-22,26,39H,13-14,16-17H2,1-5H3. The summed E-state index contributed by atoms with van der Waals surface area (Å²) in [7, 11) is 0. The average molecular weight is 588 g/mol. The summed E-state index contributed by atoms with van der Waals surface area (Å²) < 4.78 is 7.42. The maximum atomic E-state index is 12.5. The molecule has 2 aromatic carbocycles. The van der Waals surface area contributed by atoms with Gasteiger partial charge in [0.15, 0.2) is 5.65 Å². The zero-order chi connectivity index (χ0) is 31.0. The van der Waals surface area contributed by atoms with Crippen molar-refractivity contribution in [2.75, 3.05) is 18.4 Å². The van der Waals surface area contributed by atoms with Crippen LogP contribution in [0.15, 0.2) is 67.0 Å². The molecule has 1 N–H and O–H groups in total. The number of para-hydroxylation sites is 1. The lowest BCUT2D eigenvalue weighted by atomic mass is 9.98. The maximum absolute atomic E-state index is 12.5. The molecule has 9 heteroatoms. The van der Waals surface area contributed by atoms with Crippen molar-refractivity contribution in [3.8, 4) is 22.9 Å². The largest absolute Gasteiger partial charge is 0.444 e. The summed E-state index contributed by atoms with van der Waals surface area (Å²) >= 11 is 0. The highest BCUT2D eigenvalue weighted by Crippen LogP contribution is 2.36. The van der Waals surface area contributed by atoms with E-state index in [1.807, 2.05) is 80.3 Å². The minimum atomic E-state index is -0.525. The molecular formula is C35H37N7O2. The Balaban J connectivity index is 1.33. The van der Waals surface area contributed by atoms with Crippen LogP contribution in [-0.2, 0) is 4.74 Å². The van der Waals surface area contributed by atoms with E-state index < -0.39 is 5.60 Å². The second-order valence-corrected chi connectivity index (χ2v) is 12.7. The van der Waals surface area contributed by atoms with Crippen LogP contribution in [0.1, 0.15) is 64.6 Å². The Labute approximate surface area is 257 Å². The smallest absolute Gasteiger partial charge is 0.410 e. The monoisotopic (exact) mass is 587 g/mol. The normalized spacial score (nSPS) is 14.2. The Kier molecular flexibility index (Phi) is 7.68. The molecule has 0 unspecified atom stereocenters. The number of benzene rings is 2. The third-order valence-corrected chi connectivity index (χ3v) is 7.92. The fraction of sp³-hybridized carbons (Fsp3) is 0.343. The Bertz CT molecular complexity index is 1890. The van der Waals surface area contributed by atoms with Crippen LogP contribution in [0.2, 0.25) is 0 Å². The van der Waals surface area contributed by atoms with Crippen molar-refractivity contribution >= 4 is 33.7 Å². The van der Waals surface area contributed by atoms with Gasteiger partial charge in [-0.05, 0) is 81.5 Å². The molecule has 1 saturated heterocycles. The number of pyridine rings is 2. The van der Waals surface area contributed by atoms with Crippen LogP contribution < -0.4 is 5.32 Å². The zero-order valence-electron chi connectivity index (χ0n) is 25.8. The second-order valence-electron chi connectivity index (χ2n) is 12.7. The number of nitriles is 1. The Hall–Kier alpha value is -4.97. The van der Waals surface area contributed by atoms with Gasteiger partial charge in [-0.2, -0.15) is 10.4 Å². The molecule has 9 nitrogen and oxygen atoms in total. The number of hydrogen-bond donors (Lipinski definition) is 1. The number of nitrogens with one attached hydrogen (secondary N) is 1. The van der Waals surface area contributed by atoms with Crippen LogP contribution in [0, 0.1) is 11.3 Å². The predicted octanol–water partition coefficient (Wildman–Crippen LogP) is 7.44. The summed E-state index contributed by atoms with van der Waals surface area (Å²) in [6, 6.07) is 20.4. The molecule has 4 heterocycles. The quantitative estimate of drug-likeness (QED) is 0.228. The number of anilines is 1. The van der Waals surface area contributed by atoms with E-state index in [1.165, 1.54) is 0 Å². The lowest BCUT2D eigenvalue weighted by molar-refractivity contribution is 0.0210. The van der Waals surface area contributed by atoms with Crippen molar-refractivity contribution in [2.24, 2.45) is 0 Å². The number of nitrogens with zero attached hydrogens (tertiary/aromatic N) is 6. The number of hydrogen-bond acceptors (Lipinski definition) is 7. The van der Waals surface area contributed by atoms with Crippen LogP contribution in [0.4, 0.5) is 10.5 Å². The molecule has 5 aromatic rings. The molecule has 1 aliphatic rings. The van der Waals surface area contributed by atoms with Gasteiger partial charge in [0.1, 0.15) is 11.7 Å². The van der Waals surface area contributed by atoms with Crippen molar-refractivity contribution < 1.29 is 9.53 Å². The molecule has 0 atom stereocenters. The van der Waals surface area contributed by atoms with E-state index >= 15 is 0 Å². The first kappa shape index (κ1) is 29.1. The summed E-state index contributed by atoms with van der Waals surface area (Å²) in [6.07, 6.45) is 4.95. The van der Waals surface area contributed by atoms with Crippen molar-refractivity contribution in [3.05, 3.63) is 78.2 Å². The van der Waals surface area contributed by atoms with Crippen LogP contribution in [0.5, 0.6) is 0 Å². The van der Waals surface area contributed by atoms with Gasteiger partial charge in [-0.3, -0.25) is 4.98 Å². The highest BCUT2D eigenvalue weighted by atomic mass is 16.6. The van der Waals surface area contributed by atoms with Crippen LogP contribution in [0.25, 0.3) is 38.8 Å². The third kappa shape index (κ3) is 5.80. The first-order valence-electron chi connectivity index (χ1n) is 15.1.